The highest BCUT2D eigenvalue weighted by atomic mass is 16.5. The summed E-state index contributed by atoms with van der Waals surface area (Å²) in [5.41, 5.74) is 2.64. The van der Waals surface area contributed by atoms with Gasteiger partial charge in [0.2, 0.25) is 0 Å². The number of methoxy groups -OCH3 is 1. The van der Waals surface area contributed by atoms with E-state index in [9.17, 15) is 14.4 Å². The maximum atomic E-state index is 13.1. The number of amides is 4. The lowest BCUT2D eigenvalue weighted by Crippen LogP contribution is -2.54. The van der Waals surface area contributed by atoms with E-state index in [0.717, 1.165) is 22.4 Å². The standard InChI is InChI=1S/C24H26N2O5/c1-6-16(4)31-20-8-7-17(13-21(20)30-5)12-19-22(27)25-24(29)26(23(19)28)18-10-14(2)9-15(3)11-18/h7-13,16H,6H2,1-5H3,(H,25,27,29)/b19-12+/t16-/m0/s1. The van der Waals surface area contributed by atoms with Crippen molar-refractivity contribution in [1.82, 2.24) is 5.32 Å². The van der Waals surface area contributed by atoms with Crippen molar-refractivity contribution in [2.45, 2.75) is 40.2 Å². The summed E-state index contributed by atoms with van der Waals surface area (Å²) in [7, 11) is 1.52. The number of carbonyl (C=O) groups is 3. The molecule has 0 bridgehead atoms. The molecule has 3 rings (SSSR count). The third kappa shape index (κ3) is 4.77. The number of nitrogens with one attached hydrogen (secondary N) is 1. The number of nitrogens with zero attached hydrogens (tertiary/aromatic N) is 1. The van der Waals surface area contributed by atoms with E-state index in [1.807, 2.05) is 33.8 Å². The quantitative estimate of drug-likeness (QED) is 0.558. The fourth-order valence-electron chi connectivity index (χ4n) is 3.31. The minimum absolute atomic E-state index is 0.0150. The van der Waals surface area contributed by atoms with E-state index >= 15 is 0 Å². The molecule has 0 saturated carbocycles. The number of carbonyl (C=O) groups excluding carboxylic acids is 3. The van der Waals surface area contributed by atoms with Crippen LogP contribution in [-0.2, 0) is 9.59 Å². The number of hydrogen-bond acceptors (Lipinski definition) is 5. The maximum Gasteiger partial charge on any atom is 0.335 e. The van der Waals surface area contributed by atoms with Crippen molar-refractivity contribution in [3.8, 4) is 11.5 Å². The van der Waals surface area contributed by atoms with Crippen LogP contribution in [0.25, 0.3) is 6.08 Å². The molecule has 1 heterocycles. The largest absolute Gasteiger partial charge is 0.493 e. The van der Waals surface area contributed by atoms with Crippen LogP contribution in [-0.4, -0.2) is 31.1 Å². The van der Waals surface area contributed by atoms with E-state index < -0.39 is 17.8 Å². The Balaban J connectivity index is 1.98. The van der Waals surface area contributed by atoms with E-state index in [-0.39, 0.29) is 11.7 Å². The summed E-state index contributed by atoms with van der Waals surface area (Å²) in [6.45, 7) is 7.73. The van der Waals surface area contributed by atoms with E-state index in [4.69, 9.17) is 9.47 Å². The maximum absolute atomic E-state index is 13.1. The molecule has 0 aliphatic carbocycles. The van der Waals surface area contributed by atoms with Gasteiger partial charge < -0.3 is 9.47 Å². The predicted molar refractivity (Wildman–Crippen MR) is 118 cm³/mol. The lowest BCUT2D eigenvalue weighted by molar-refractivity contribution is -0.122. The molecule has 7 nitrogen and oxygen atoms in total. The molecular weight excluding hydrogens is 396 g/mol. The van der Waals surface area contributed by atoms with Crippen LogP contribution < -0.4 is 19.7 Å². The summed E-state index contributed by atoms with van der Waals surface area (Å²) in [4.78, 5) is 38.9. The van der Waals surface area contributed by atoms with Crippen molar-refractivity contribution in [2.24, 2.45) is 0 Å². The molecule has 1 aliphatic rings. The normalized spacial score (nSPS) is 16.4. The van der Waals surface area contributed by atoms with Gasteiger partial charge >= 0.3 is 6.03 Å². The third-order valence-electron chi connectivity index (χ3n) is 4.97. The summed E-state index contributed by atoms with van der Waals surface area (Å²) in [6, 6.07) is 9.76. The van der Waals surface area contributed by atoms with Gasteiger partial charge in [0.15, 0.2) is 11.5 Å². The van der Waals surface area contributed by atoms with E-state index in [2.05, 4.69) is 5.32 Å². The molecule has 7 heteroatoms. The zero-order chi connectivity index (χ0) is 22.7. The van der Waals surface area contributed by atoms with Crippen molar-refractivity contribution < 1.29 is 23.9 Å². The number of rotatable bonds is 6. The van der Waals surface area contributed by atoms with Gasteiger partial charge in [0, 0.05) is 0 Å². The van der Waals surface area contributed by atoms with Crippen LogP contribution in [0.5, 0.6) is 11.5 Å². The summed E-state index contributed by atoms with van der Waals surface area (Å²) >= 11 is 0. The summed E-state index contributed by atoms with van der Waals surface area (Å²) in [6.07, 6.45) is 2.29. The van der Waals surface area contributed by atoms with Gasteiger partial charge in [-0.3, -0.25) is 14.9 Å². The van der Waals surface area contributed by atoms with Gasteiger partial charge in [-0.15, -0.1) is 0 Å². The van der Waals surface area contributed by atoms with E-state index in [1.54, 1.807) is 30.3 Å². The van der Waals surface area contributed by atoms with E-state index in [1.165, 1.54) is 13.2 Å². The van der Waals surface area contributed by atoms with E-state index in [0.29, 0.717) is 22.7 Å². The molecule has 1 atom stereocenters. The molecule has 162 valence electrons. The smallest absolute Gasteiger partial charge is 0.335 e. The summed E-state index contributed by atoms with van der Waals surface area (Å²) in [5.74, 6) is -0.363. The number of imide groups is 2. The second-order valence-corrected chi connectivity index (χ2v) is 7.55. The average Bonchev–Trinajstić information content (AvgIpc) is 2.71. The lowest BCUT2D eigenvalue weighted by atomic mass is 10.0. The Bertz CT molecular complexity index is 1050. The highest BCUT2D eigenvalue weighted by molar-refractivity contribution is 6.39. The third-order valence-corrected chi connectivity index (χ3v) is 4.97. The number of aryl methyl sites for hydroxylation is 2. The SMILES string of the molecule is CC[C@H](C)Oc1ccc(/C=C2\C(=O)NC(=O)N(c3cc(C)cc(C)c3)C2=O)cc1OC. The van der Waals surface area contributed by atoms with Gasteiger partial charge in [0.1, 0.15) is 5.57 Å². The topological polar surface area (TPSA) is 84.9 Å². The van der Waals surface area contributed by atoms with Crippen molar-refractivity contribution in [1.29, 1.82) is 0 Å². The Morgan fingerprint density at radius 2 is 1.71 bits per heavy atom. The molecule has 1 aliphatic heterocycles. The second kappa shape index (κ2) is 9.04. The highest BCUT2D eigenvalue weighted by Crippen LogP contribution is 2.31. The van der Waals surface area contributed by atoms with Crippen LogP contribution in [0.2, 0.25) is 0 Å². The minimum atomic E-state index is -0.771. The number of hydrogen-bond donors (Lipinski definition) is 1. The number of barbiturate groups is 1. The van der Waals surface area contributed by atoms with Crippen LogP contribution >= 0.6 is 0 Å². The second-order valence-electron chi connectivity index (χ2n) is 7.55. The van der Waals surface area contributed by atoms with Gasteiger partial charge in [-0.05, 0) is 74.2 Å². The Morgan fingerprint density at radius 1 is 1.03 bits per heavy atom. The van der Waals surface area contributed by atoms with Crippen molar-refractivity contribution >= 4 is 29.6 Å². The van der Waals surface area contributed by atoms with Gasteiger partial charge in [-0.25, -0.2) is 9.69 Å². The van der Waals surface area contributed by atoms with Crippen molar-refractivity contribution in [3.63, 3.8) is 0 Å². The van der Waals surface area contributed by atoms with Gasteiger partial charge in [-0.1, -0.05) is 19.1 Å². The molecule has 2 aromatic carbocycles. The first-order chi connectivity index (χ1) is 14.7. The molecule has 31 heavy (non-hydrogen) atoms. The van der Waals surface area contributed by atoms with Crippen LogP contribution in [0.4, 0.5) is 10.5 Å². The monoisotopic (exact) mass is 422 g/mol. The highest BCUT2D eigenvalue weighted by Gasteiger charge is 2.37. The van der Waals surface area contributed by atoms with Crippen LogP contribution in [0.1, 0.15) is 37.0 Å². The summed E-state index contributed by atoms with van der Waals surface area (Å²) in [5, 5.41) is 2.24. The zero-order valence-corrected chi connectivity index (χ0v) is 18.3. The van der Waals surface area contributed by atoms with Gasteiger partial charge in [0.05, 0.1) is 18.9 Å². The fraction of sp³-hybridized carbons (Fsp3) is 0.292. The molecule has 1 saturated heterocycles. The molecule has 0 unspecified atom stereocenters. The molecule has 0 spiro atoms. The van der Waals surface area contributed by atoms with Crippen molar-refractivity contribution in [2.75, 3.05) is 12.0 Å². The molecule has 4 amide bonds. The minimum Gasteiger partial charge on any atom is -0.493 e. The van der Waals surface area contributed by atoms with Crippen molar-refractivity contribution in [3.05, 3.63) is 58.7 Å². The molecule has 1 N–H and O–H groups in total. The first kappa shape index (κ1) is 22.1. The fourth-order valence-corrected chi connectivity index (χ4v) is 3.31. The molecule has 1 fully saturated rings. The van der Waals surface area contributed by atoms with Crippen LogP contribution in [0.3, 0.4) is 0 Å². The number of ether oxygens (including phenoxy) is 2. The predicted octanol–water partition coefficient (Wildman–Crippen LogP) is 4.16. The average molecular weight is 422 g/mol. The molecule has 0 radical (unpaired) electrons. The Morgan fingerprint density at radius 3 is 2.32 bits per heavy atom. The number of benzene rings is 2. The van der Waals surface area contributed by atoms with Crippen LogP contribution in [0.15, 0.2) is 42.0 Å². The summed E-state index contributed by atoms with van der Waals surface area (Å²) < 4.78 is 11.2. The first-order valence-corrected chi connectivity index (χ1v) is 10.1. The molecule has 0 aromatic heterocycles. The number of anilines is 1. The van der Waals surface area contributed by atoms with Gasteiger partial charge in [-0.2, -0.15) is 0 Å². The lowest BCUT2D eigenvalue weighted by Gasteiger charge is -2.27. The Kier molecular flexibility index (Phi) is 6.44. The van der Waals surface area contributed by atoms with Crippen LogP contribution in [0, 0.1) is 13.8 Å². The Labute approximate surface area is 181 Å². The zero-order valence-electron chi connectivity index (χ0n) is 18.3. The molecule has 2 aromatic rings. The van der Waals surface area contributed by atoms with Gasteiger partial charge in [0.25, 0.3) is 11.8 Å². The Hall–Kier alpha value is -3.61. The number of urea groups is 1. The first-order valence-electron chi connectivity index (χ1n) is 10.1. The molecular formula is C24H26N2O5.